The van der Waals surface area contributed by atoms with Gasteiger partial charge in [-0.25, -0.2) is 9.97 Å². The summed E-state index contributed by atoms with van der Waals surface area (Å²) >= 11 is 0. The molecule has 0 spiro atoms. The second kappa shape index (κ2) is 7.63. The van der Waals surface area contributed by atoms with Crippen molar-refractivity contribution in [2.45, 2.75) is 19.4 Å². The van der Waals surface area contributed by atoms with Crippen LogP contribution in [0.2, 0.25) is 0 Å². The maximum atomic E-state index is 13.7. The number of benzene rings is 1. The van der Waals surface area contributed by atoms with Crippen LogP contribution in [0.15, 0.2) is 65.5 Å². The van der Waals surface area contributed by atoms with Crippen LogP contribution in [0.25, 0.3) is 22.5 Å². The van der Waals surface area contributed by atoms with Crippen molar-refractivity contribution in [2.24, 2.45) is 0 Å². The summed E-state index contributed by atoms with van der Waals surface area (Å²) in [6, 6.07) is 14.7. The van der Waals surface area contributed by atoms with E-state index in [9.17, 15) is 4.79 Å². The SMILES string of the molecule is Cc1nc(-c2ccccn2)oc1C(=O)N1CCc2[nH]cnc2[C@@H]1c1cc2ccccc2nn1. The van der Waals surface area contributed by atoms with Gasteiger partial charge >= 0.3 is 0 Å². The lowest BCUT2D eigenvalue weighted by atomic mass is 9.98. The molecule has 0 saturated heterocycles. The van der Waals surface area contributed by atoms with E-state index >= 15 is 0 Å². The predicted molar refractivity (Wildman–Crippen MR) is 119 cm³/mol. The molecule has 0 bridgehead atoms. The highest BCUT2D eigenvalue weighted by Crippen LogP contribution is 2.35. The minimum Gasteiger partial charge on any atom is -0.429 e. The molecular formula is C24H19N7O2. The van der Waals surface area contributed by atoms with Gasteiger partial charge in [0.25, 0.3) is 5.91 Å². The molecule has 6 rings (SSSR count). The van der Waals surface area contributed by atoms with Gasteiger partial charge in [-0.05, 0) is 31.2 Å². The van der Waals surface area contributed by atoms with Gasteiger partial charge in [-0.3, -0.25) is 9.78 Å². The van der Waals surface area contributed by atoms with Gasteiger partial charge in [-0.15, -0.1) is 0 Å². The Hall–Kier alpha value is -4.40. The van der Waals surface area contributed by atoms with Crippen LogP contribution >= 0.6 is 0 Å². The number of H-pyrrole nitrogens is 1. The van der Waals surface area contributed by atoms with Gasteiger partial charge in [0, 0.05) is 30.2 Å². The van der Waals surface area contributed by atoms with Crippen molar-refractivity contribution in [1.82, 2.24) is 35.0 Å². The van der Waals surface area contributed by atoms with E-state index < -0.39 is 6.04 Å². The molecule has 1 aliphatic rings. The number of fused-ring (bicyclic) bond motifs is 2. The van der Waals surface area contributed by atoms with Crippen LogP contribution in [0, 0.1) is 6.92 Å². The molecule has 1 atom stereocenters. The maximum absolute atomic E-state index is 13.7. The van der Waals surface area contributed by atoms with E-state index in [1.807, 2.05) is 42.5 Å². The number of imidazole rings is 1. The molecule has 162 valence electrons. The minimum atomic E-state index is -0.493. The number of oxazole rings is 1. The Morgan fingerprint density at radius 1 is 1.12 bits per heavy atom. The van der Waals surface area contributed by atoms with Crippen LogP contribution in [-0.2, 0) is 6.42 Å². The zero-order valence-electron chi connectivity index (χ0n) is 17.8. The van der Waals surface area contributed by atoms with Crippen molar-refractivity contribution < 1.29 is 9.21 Å². The molecule has 0 radical (unpaired) electrons. The topological polar surface area (TPSA) is 114 Å². The highest BCUT2D eigenvalue weighted by atomic mass is 16.4. The van der Waals surface area contributed by atoms with E-state index in [1.54, 1.807) is 30.4 Å². The van der Waals surface area contributed by atoms with E-state index in [-0.39, 0.29) is 11.7 Å². The van der Waals surface area contributed by atoms with Gasteiger partial charge in [0.2, 0.25) is 11.7 Å². The summed E-state index contributed by atoms with van der Waals surface area (Å²) in [7, 11) is 0. The summed E-state index contributed by atoms with van der Waals surface area (Å²) in [6.45, 7) is 2.24. The van der Waals surface area contributed by atoms with Gasteiger partial charge < -0.3 is 14.3 Å². The standard InChI is InChI=1S/C24H19N7O2/c1-14-22(33-23(28-14)18-8-4-5-10-25-18)24(32)31-11-9-17-20(27-13-26-17)21(31)19-12-15-6-2-3-7-16(15)29-30-19/h2-8,10,12-13,21H,9,11H2,1H3,(H,26,27)/t21-/m0/s1. The average Bonchev–Trinajstić information content (AvgIpc) is 3.50. The van der Waals surface area contributed by atoms with Crippen molar-refractivity contribution in [2.75, 3.05) is 6.54 Å². The molecule has 9 nitrogen and oxygen atoms in total. The minimum absolute atomic E-state index is 0.188. The lowest BCUT2D eigenvalue weighted by Gasteiger charge is -2.33. The van der Waals surface area contributed by atoms with Crippen LogP contribution in [0.5, 0.6) is 0 Å². The van der Waals surface area contributed by atoms with Crippen molar-refractivity contribution in [3.63, 3.8) is 0 Å². The van der Waals surface area contributed by atoms with Crippen LogP contribution in [-0.4, -0.2) is 47.5 Å². The maximum Gasteiger partial charge on any atom is 0.292 e. The van der Waals surface area contributed by atoms with E-state index in [4.69, 9.17) is 4.42 Å². The highest BCUT2D eigenvalue weighted by Gasteiger charge is 2.38. The Morgan fingerprint density at radius 3 is 2.88 bits per heavy atom. The molecule has 0 fully saturated rings. The molecule has 1 aromatic carbocycles. The quantitative estimate of drug-likeness (QED) is 0.459. The van der Waals surface area contributed by atoms with E-state index in [0.29, 0.717) is 35.9 Å². The second-order valence-electron chi connectivity index (χ2n) is 7.89. The Morgan fingerprint density at radius 2 is 2.00 bits per heavy atom. The Balaban J connectivity index is 1.43. The average molecular weight is 437 g/mol. The molecular weight excluding hydrogens is 418 g/mol. The third kappa shape index (κ3) is 3.25. The van der Waals surface area contributed by atoms with E-state index in [0.717, 1.165) is 22.3 Å². The molecule has 0 unspecified atom stereocenters. The number of aromatic nitrogens is 6. The first-order chi connectivity index (χ1) is 16.2. The Bertz CT molecular complexity index is 1470. The molecule has 9 heteroatoms. The van der Waals surface area contributed by atoms with Crippen LogP contribution in [0.3, 0.4) is 0 Å². The van der Waals surface area contributed by atoms with Gasteiger partial charge in [0.05, 0.1) is 28.9 Å². The third-order valence-electron chi connectivity index (χ3n) is 5.85. The van der Waals surface area contributed by atoms with Gasteiger partial charge in [0.1, 0.15) is 11.7 Å². The molecule has 0 saturated carbocycles. The van der Waals surface area contributed by atoms with Crippen LogP contribution in [0.1, 0.15) is 39.4 Å². The van der Waals surface area contributed by atoms with Crippen molar-refractivity contribution in [1.29, 1.82) is 0 Å². The fourth-order valence-electron chi connectivity index (χ4n) is 4.25. The van der Waals surface area contributed by atoms with Gasteiger partial charge in [0.15, 0.2) is 0 Å². The number of carbonyl (C=O) groups excluding carboxylic acids is 1. The Labute approximate surface area is 188 Å². The number of carbonyl (C=O) groups is 1. The normalized spacial score (nSPS) is 15.5. The fraction of sp³-hybridized carbons (Fsp3) is 0.167. The third-order valence-corrected chi connectivity index (χ3v) is 5.85. The summed E-state index contributed by atoms with van der Waals surface area (Å²) in [5.41, 5.74) is 4.28. The highest BCUT2D eigenvalue weighted by molar-refractivity contribution is 5.93. The second-order valence-corrected chi connectivity index (χ2v) is 7.89. The number of pyridine rings is 1. The van der Waals surface area contributed by atoms with Crippen molar-refractivity contribution >= 4 is 16.8 Å². The first kappa shape index (κ1) is 19.3. The molecule has 4 aromatic heterocycles. The number of hydrogen-bond donors (Lipinski definition) is 1. The number of rotatable bonds is 3. The fourth-order valence-corrected chi connectivity index (χ4v) is 4.25. The largest absolute Gasteiger partial charge is 0.429 e. The number of nitrogens with zero attached hydrogens (tertiary/aromatic N) is 6. The lowest BCUT2D eigenvalue weighted by Crippen LogP contribution is -2.41. The van der Waals surface area contributed by atoms with Gasteiger partial charge in [-0.1, -0.05) is 24.3 Å². The molecule has 5 aromatic rings. The molecule has 5 heterocycles. The monoisotopic (exact) mass is 437 g/mol. The summed E-state index contributed by atoms with van der Waals surface area (Å²) in [4.78, 5) is 31.9. The van der Waals surface area contributed by atoms with Crippen molar-refractivity contribution in [3.8, 4) is 11.6 Å². The number of aryl methyl sites for hydroxylation is 1. The summed E-state index contributed by atoms with van der Waals surface area (Å²) < 4.78 is 5.91. The first-order valence-corrected chi connectivity index (χ1v) is 10.6. The zero-order valence-corrected chi connectivity index (χ0v) is 17.8. The predicted octanol–water partition coefficient (Wildman–Crippen LogP) is 3.50. The molecule has 0 aliphatic carbocycles. The van der Waals surface area contributed by atoms with Crippen LogP contribution < -0.4 is 0 Å². The molecule has 1 aliphatic heterocycles. The smallest absolute Gasteiger partial charge is 0.292 e. The Kier molecular flexibility index (Phi) is 4.46. The van der Waals surface area contributed by atoms with E-state index in [2.05, 4.69) is 30.1 Å². The molecule has 33 heavy (non-hydrogen) atoms. The van der Waals surface area contributed by atoms with Gasteiger partial charge in [-0.2, -0.15) is 10.2 Å². The van der Waals surface area contributed by atoms with E-state index in [1.165, 1.54) is 0 Å². The summed E-state index contributed by atoms with van der Waals surface area (Å²) in [6.07, 6.45) is 3.96. The number of nitrogens with one attached hydrogen (secondary N) is 1. The van der Waals surface area contributed by atoms with Crippen molar-refractivity contribution in [3.05, 3.63) is 89.6 Å². The first-order valence-electron chi connectivity index (χ1n) is 10.6. The van der Waals surface area contributed by atoms with Crippen LogP contribution in [0.4, 0.5) is 0 Å². The summed E-state index contributed by atoms with van der Waals surface area (Å²) in [5, 5.41) is 9.78. The molecule has 1 N–H and O–H groups in total. The lowest BCUT2D eigenvalue weighted by molar-refractivity contribution is 0.0654. The number of amides is 1. The summed E-state index contributed by atoms with van der Waals surface area (Å²) in [5.74, 6) is 0.236. The number of hydrogen-bond acceptors (Lipinski definition) is 7. The molecule has 1 amide bonds. The zero-order chi connectivity index (χ0) is 22.4. The number of aromatic amines is 1.